The van der Waals surface area contributed by atoms with E-state index in [4.69, 9.17) is 5.11 Å². The van der Waals surface area contributed by atoms with Crippen molar-refractivity contribution in [1.82, 2.24) is 0 Å². The lowest BCUT2D eigenvalue weighted by Crippen LogP contribution is -2.34. The second-order valence-electron chi connectivity index (χ2n) is 3.70. The Morgan fingerprint density at radius 3 is 2.33 bits per heavy atom. The van der Waals surface area contributed by atoms with Gasteiger partial charge in [-0.25, -0.2) is 13.2 Å². The number of carbonyl (C=O) groups is 1. The summed E-state index contributed by atoms with van der Waals surface area (Å²) in [6.07, 6.45) is 1.11. The van der Waals surface area contributed by atoms with Crippen LogP contribution in [-0.4, -0.2) is 45.5 Å². The third-order valence-corrected chi connectivity index (χ3v) is 3.42. The average Bonchev–Trinajstić information content (AvgIpc) is 2.34. The molecule has 0 radical (unpaired) electrons. The van der Waals surface area contributed by atoms with Crippen molar-refractivity contribution in [3.8, 4) is 0 Å². The van der Waals surface area contributed by atoms with Gasteiger partial charge in [0.15, 0.2) is 9.84 Å². The smallest absolute Gasteiger partial charge is 0.330 e. The van der Waals surface area contributed by atoms with Gasteiger partial charge in [-0.2, -0.15) is 0 Å². The molecular formula is C11H15NO5S. The van der Waals surface area contributed by atoms with Crippen LogP contribution in [0.5, 0.6) is 0 Å². The molecule has 1 aromatic carbocycles. The molecule has 100 valence electrons. The van der Waals surface area contributed by atoms with E-state index in [9.17, 15) is 13.2 Å². The van der Waals surface area contributed by atoms with Crippen molar-refractivity contribution in [3.05, 3.63) is 24.3 Å². The molecule has 1 aromatic rings. The van der Waals surface area contributed by atoms with E-state index in [0.29, 0.717) is 5.69 Å². The van der Waals surface area contributed by atoms with Crippen LogP contribution in [0.1, 0.15) is 0 Å². The van der Waals surface area contributed by atoms with E-state index < -0.39 is 28.5 Å². The monoisotopic (exact) mass is 273 g/mol. The fourth-order valence-corrected chi connectivity index (χ4v) is 1.95. The van der Waals surface area contributed by atoms with Gasteiger partial charge >= 0.3 is 5.97 Å². The largest absolute Gasteiger partial charge is 0.467 e. The Morgan fingerprint density at radius 2 is 1.94 bits per heavy atom. The average molecular weight is 273 g/mol. The first-order valence-electron chi connectivity index (χ1n) is 5.14. The predicted molar refractivity (Wildman–Crippen MR) is 66.1 cm³/mol. The number of anilines is 1. The fourth-order valence-electron chi connectivity index (χ4n) is 1.32. The van der Waals surface area contributed by atoms with Gasteiger partial charge in [0.1, 0.15) is 6.04 Å². The van der Waals surface area contributed by atoms with Crippen LogP contribution in [0, 0.1) is 0 Å². The summed E-state index contributed by atoms with van der Waals surface area (Å²) in [6.45, 7) is -0.416. The summed E-state index contributed by atoms with van der Waals surface area (Å²) in [4.78, 5) is 11.4. The highest BCUT2D eigenvalue weighted by molar-refractivity contribution is 7.90. The Morgan fingerprint density at radius 1 is 1.39 bits per heavy atom. The summed E-state index contributed by atoms with van der Waals surface area (Å²) < 4.78 is 27.0. The molecule has 0 spiro atoms. The minimum absolute atomic E-state index is 0.187. The first-order chi connectivity index (χ1) is 8.38. The van der Waals surface area contributed by atoms with Crippen LogP contribution in [0.15, 0.2) is 29.2 Å². The van der Waals surface area contributed by atoms with Crippen LogP contribution >= 0.6 is 0 Å². The first-order valence-corrected chi connectivity index (χ1v) is 7.03. The van der Waals surface area contributed by atoms with Crippen LogP contribution in [0.2, 0.25) is 0 Å². The number of hydrogen-bond acceptors (Lipinski definition) is 6. The van der Waals surface area contributed by atoms with Crippen LogP contribution in [0.25, 0.3) is 0 Å². The number of nitrogens with one attached hydrogen (secondary N) is 1. The van der Waals surface area contributed by atoms with Crippen molar-refractivity contribution in [2.45, 2.75) is 10.9 Å². The number of rotatable bonds is 5. The number of esters is 1. The molecule has 1 unspecified atom stereocenters. The van der Waals surface area contributed by atoms with Crippen molar-refractivity contribution in [2.24, 2.45) is 0 Å². The molecule has 6 nitrogen and oxygen atoms in total. The summed E-state index contributed by atoms with van der Waals surface area (Å²) in [6, 6.07) is 5.00. The Bertz CT molecular complexity index is 509. The van der Waals surface area contributed by atoms with Gasteiger partial charge < -0.3 is 15.2 Å². The molecule has 2 N–H and O–H groups in total. The van der Waals surface area contributed by atoms with Crippen molar-refractivity contribution in [3.63, 3.8) is 0 Å². The Kier molecular flexibility index (Phi) is 4.69. The van der Waals surface area contributed by atoms with E-state index in [1.54, 1.807) is 0 Å². The molecule has 0 aliphatic rings. The zero-order valence-electron chi connectivity index (χ0n) is 10.1. The highest BCUT2D eigenvalue weighted by Gasteiger charge is 2.17. The molecule has 1 atom stereocenters. The normalized spacial score (nSPS) is 12.8. The molecule has 0 aliphatic heterocycles. The zero-order valence-corrected chi connectivity index (χ0v) is 10.9. The highest BCUT2D eigenvalue weighted by Crippen LogP contribution is 2.14. The maximum absolute atomic E-state index is 11.2. The fraction of sp³-hybridized carbons (Fsp3) is 0.364. The third-order valence-electron chi connectivity index (χ3n) is 2.29. The molecule has 0 aromatic heterocycles. The van der Waals surface area contributed by atoms with E-state index >= 15 is 0 Å². The molecule has 1 rings (SSSR count). The second-order valence-corrected chi connectivity index (χ2v) is 5.71. The molecule has 0 heterocycles. The standard InChI is InChI=1S/C11H15NO5S/c1-17-11(14)10(7-13)12-8-3-5-9(6-4-8)18(2,15)16/h3-6,10,12-13H,7H2,1-2H3. The maximum Gasteiger partial charge on any atom is 0.330 e. The van der Waals surface area contributed by atoms with Gasteiger partial charge in [0.2, 0.25) is 0 Å². The number of hydrogen-bond donors (Lipinski definition) is 2. The van der Waals surface area contributed by atoms with E-state index in [1.807, 2.05) is 0 Å². The summed E-state index contributed by atoms with van der Waals surface area (Å²) in [7, 11) is -2.02. The number of ether oxygens (including phenoxy) is 1. The van der Waals surface area contributed by atoms with Gasteiger partial charge in [0, 0.05) is 11.9 Å². The minimum atomic E-state index is -3.24. The molecule has 0 fully saturated rings. The molecule has 7 heteroatoms. The van der Waals surface area contributed by atoms with Gasteiger partial charge in [-0.1, -0.05) is 0 Å². The van der Waals surface area contributed by atoms with Crippen molar-refractivity contribution < 1.29 is 23.1 Å². The van der Waals surface area contributed by atoms with Crippen molar-refractivity contribution in [2.75, 3.05) is 25.3 Å². The number of aliphatic hydroxyl groups excluding tert-OH is 1. The number of benzene rings is 1. The summed E-state index contributed by atoms with van der Waals surface area (Å²) in [5.74, 6) is -0.593. The van der Waals surface area contributed by atoms with E-state index in [2.05, 4.69) is 10.1 Å². The molecule has 0 saturated carbocycles. The summed E-state index contributed by atoms with van der Waals surface area (Å²) in [5.41, 5.74) is 0.520. The summed E-state index contributed by atoms with van der Waals surface area (Å²) >= 11 is 0. The quantitative estimate of drug-likeness (QED) is 0.736. The molecule has 0 aliphatic carbocycles. The minimum Gasteiger partial charge on any atom is -0.467 e. The Labute approximate surface area is 106 Å². The second kappa shape index (κ2) is 5.83. The Hall–Kier alpha value is -1.60. The topological polar surface area (TPSA) is 92.7 Å². The molecule has 0 bridgehead atoms. The SMILES string of the molecule is COC(=O)C(CO)Nc1ccc(S(C)(=O)=O)cc1. The molecule has 0 amide bonds. The van der Waals surface area contributed by atoms with Gasteiger partial charge in [0.25, 0.3) is 0 Å². The number of methoxy groups -OCH3 is 1. The number of aliphatic hydroxyl groups is 1. The van der Waals surface area contributed by atoms with Gasteiger partial charge in [-0.05, 0) is 24.3 Å². The van der Waals surface area contributed by atoms with Crippen LogP contribution < -0.4 is 5.32 Å². The highest BCUT2D eigenvalue weighted by atomic mass is 32.2. The van der Waals surface area contributed by atoms with Gasteiger partial charge in [0.05, 0.1) is 18.6 Å². The molecule has 0 saturated heterocycles. The van der Waals surface area contributed by atoms with Crippen LogP contribution in [0.3, 0.4) is 0 Å². The molecular weight excluding hydrogens is 258 g/mol. The lowest BCUT2D eigenvalue weighted by Gasteiger charge is -2.15. The van der Waals surface area contributed by atoms with E-state index in [-0.39, 0.29) is 4.90 Å². The lowest BCUT2D eigenvalue weighted by molar-refractivity contribution is -0.142. The van der Waals surface area contributed by atoms with E-state index in [1.165, 1.54) is 31.4 Å². The first kappa shape index (κ1) is 14.5. The van der Waals surface area contributed by atoms with Crippen molar-refractivity contribution >= 4 is 21.5 Å². The lowest BCUT2D eigenvalue weighted by atomic mass is 10.2. The van der Waals surface area contributed by atoms with Crippen molar-refractivity contribution in [1.29, 1.82) is 0 Å². The van der Waals surface area contributed by atoms with Crippen LogP contribution in [0.4, 0.5) is 5.69 Å². The zero-order chi connectivity index (χ0) is 13.8. The molecule has 18 heavy (non-hydrogen) atoms. The third kappa shape index (κ3) is 3.71. The summed E-state index contributed by atoms with van der Waals surface area (Å²) in [5, 5.41) is 11.8. The van der Waals surface area contributed by atoms with E-state index in [0.717, 1.165) is 6.26 Å². The van der Waals surface area contributed by atoms with Gasteiger partial charge in [-0.3, -0.25) is 0 Å². The Balaban J connectivity index is 2.83. The predicted octanol–water partition coefficient (Wildman–Crippen LogP) is 0.0359. The van der Waals surface area contributed by atoms with Gasteiger partial charge in [-0.15, -0.1) is 0 Å². The maximum atomic E-state index is 11.2. The van der Waals surface area contributed by atoms with Crippen LogP contribution in [-0.2, 0) is 19.4 Å². The number of carbonyl (C=O) groups excluding carboxylic acids is 1. The number of sulfone groups is 1.